The maximum absolute atomic E-state index is 11.6. The summed E-state index contributed by atoms with van der Waals surface area (Å²) in [5, 5.41) is 8.64. The van der Waals surface area contributed by atoms with Crippen LogP contribution in [0.25, 0.3) is 0 Å². The number of carboxylic acid groups (broad SMARTS) is 1. The summed E-state index contributed by atoms with van der Waals surface area (Å²) in [6, 6.07) is 0. The van der Waals surface area contributed by atoms with Crippen molar-refractivity contribution in [2.24, 2.45) is 17.8 Å². The third kappa shape index (κ3) is 2.29. The number of carbonyl (C=O) groups is 2. The molecule has 3 nitrogen and oxygen atoms in total. The first-order valence-corrected chi connectivity index (χ1v) is 4.78. The summed E-state index contributed by atoms with van der Waals surface area (Å²) in [4.78, 5) is 22.1. The highest BCUT2D eigenvalue weighted by Gasteiger charge is 2.34. The Morgan fingerprint density at radius 3 is 2.62 bits per heavy atom. The van der Waals surface area contributed by atoms with Gasteiger partial charge in [-0.1, -0.05) is 13.8 Å². The summed E-state index contributed by atoms with van der Waals surface area (Å²) < 4.78 is 0. The Labute approximate surface area is 78.1 Å². The molecular weight excluding hydrogens is 168 g/mol. The molecule has 0 amide bonds. The van der Waals surface area contributed by atoms with Gasteiger partial charge in [0.1, 0.15) is 5.78 Å². The zero-order valence-corrected chi connectivity index (χ0v) is 8.12. The first kappa shape index (κ1) is 10.2. The van der Waals surface area contributed by atoms with Crippen molar-refractivity contribution in [1.29, 1.82) is 0 Å². The number of carboxylic acids is 1. The molecule has 1 saturated carbocycles. The second kappa shape index (κ2) is 3.90. The molecule has 3 heteroatoms. The van der Waals surface area contributed by atoms with Crippen LogP contribution < -0.4 is 0 Å². The Morgan fingerprint density at radius 1 is 1.46 bits per heavy atom. The number of ketones is 1. The van der Waals surface area contributed by atoms with Crippen molar-refractivity contribution in [3.8, 4) is 0 Å². The summed E-state index contributed by atoms with van der Waals surface area (Å²) >= 11 is 0. The number of hydrogen-bond acceptors (Lipinski definition) is 2. The fourth-order valence-electron chi connectivity index (χ4n) is 1.99. The fraction of sp³-hybridized carbons (Fsp3) is 0.800. The third-order valence-electron chi connectivity index (χ3n) is 2.99. The minimum Gasteiger partial charge on any atom is -0.481 e. The van der Waals surface area contributed by atoms with Crippen molar-refractivity contribution in [2.75, 3.05) is 0 Å². The predicted molar refractivity (Wildman–Crippen MR) is 48.3 cm³/mol. The molecule has 0 saturated heterocycles. The lowest BCUT2D eigenvalue weighted by atomic mass is 9.73. The Morgan fingerprint density at radius 2 is 2.08 bits per heavy atom. The van der Waals surface area contributed by atoms with E-state index >= 15 is 0 Å². The van der Waals surface area contributed by atoms with Crippen molar-refractivity contribution in [1.82, 2.24) is 0 Å². The van der Waals surface area contributed by atoms with Crippen LogP contribution >= 0.6 is 0 Å². The van der Waals surface area contributed by atoms with E-state index in [0.717, 1.165) is 12.8 Å². The zero-order chi connectivity index (χ0) is 10.0. The van der Waals surface area contributed by atoms with Gasteiger partial charge in [0, 0.05) is 11.8 Å². The molecule has 0 heterocycles. The van der Waals surface area contributed by atoms with E-state index in [9.17, 15) is 9.59 Å². The first-order chi connectivity index (χ1) is 6.02. The summed E-state index contributed by atoms with van der Waals surface area (Å²) in [7, 11) is 0. The van der Waals surface area contributed by atoms with E-state index in [2.05, 4.69) is 0 Å². The molecule has 3 unspecified atom stereocenters. The van der Waals surface area contributed by atoms with E-state index in [-0.39, 0.29) is 30.0 Å². The number of Topliss-reactive ketones (excluding diaryl/α,β-unsaturated/α-hetero) is 1. The van der Waals surface area contributed by atoms with E-state index in [4.69, 9.17) is 5.11 Å². The number of carbonyl (C=O) groups excluding carboxylic acids is 1. The van der Waals surface area contributed by atoms with Crippen LogP contribution in [0.15, 0.2) is 0 Å². The summed E-state index contributed by atoms with van der Waals surface area (Å²) in [6.45, 7) is 3.86. The summed E-state index contributed by atoms with van der Waals surface area (Å²) in [5.41, 5.74) is 0. The largest absolute Gasteiger partial charge is 0.481 e. The Kier molecular flexibility index (Phi) is 3.07. The first-order valence-electron chi connectivity index (χ1n) is 4.78. The standard InChI is InChI=1S/C10H16O3/c1-6-3-4-7(2)10(13)8(6)5-9(11)12/h6-8H,3-5H2,1-2H3,(H,11,12). The molecule has 1 N–H and O–H groups in total. The van der Waals surface area contributed by atoms with Gasteiger partial charge in [-0.05, 0) is 18.8 Å². The lowest BCUT2D eigenvalue weighted by molar-refractivity contribution is -0.143. The van der Waals surface area contributed by atoms with Crippen molar-refractivity contribution >= 4 is 11.8 Å². The minimum absolute atomic E-state index is 0.00431. The minimum atomic E-state index is -0.862. The van der Waals surface area contributed by atoms with Crippen LogP contribution in [0.4, 0.5) is 0 Å². The van der Waals surface area contributed by atoms with Gasteiger partial charge in [-0.3, -0.25) is 9.59 Å². The highest BCUT2D eigenvalue weighted by atomic mass is 16.4. The molecule has 0 radical (unpaired) electrons. The molecule has 0 aromatic heterocycles. The monoisotopic (exact) mass is 184 g/mol. The Balaban J connectivity index is 2.66. The van der Waals surface area contributed by atoms with Gasteiger partial charge in [-0.2, -0.15) is 0 Å². The van der Waals surface area contributed by atoms with Crippen molar-refractivity contribution < 1.29 is 14.7 Å². The lowest BCUT2D eigenvalue weighted by Crippen LogP contribution is -2.34. The van der Waals surface area contributed by atoms with E-state index in [1.807, 2.05) is 13.8 Å². The SMILES string of the molecule is CC1CCC(C)C(CC(=O)O)C1=O. The summed E-state index contributed by atoms with van der Waals surface area (Å²) in [6.07, 6.45) is 1.89. The van der Waals surface area contributed by atoms with Gasteiger partial charge in [0.15, 0.2) is 0 Å². The lowest BCUT2D eigenvalue weighted by Gasteiger charge is -2.30. The highest BCUT2D eigenvalue weighted by Crippen LogP contribution is 2.32. The van der Waals surface area contributed by atoms with Crippen LogP contribution in [-0.2, 0) is 9.59 Å². The molecule has 1 fully saturated rings. The average Bonchev–Trinajstić information content (AvgIpc) is 2.05. The van der Waals surface area contributed by atoms with E-state index in [1.165, 1.54) is 0 Å². The third-order valence-corrected chi connectivity index (χ3v) is 2.99. The number of hydrogen-bond donors (Lipinski definition) is 1. The van der Waals surface area contributed by atoms with Gasteiger partial charge in [0.25, 0.3) is 0 Å². The fourth-order valence-corrected chi connectivity index (χ4v) is 1.99. The number of rotatable bonds is 2. The maximum Gasteiger partial charge on any atom is 0.304 e. The van der Waals surface area contributed by atoms with E-state index in [1.54, 1.807) is 0 Å². The topological polar surface area (TPSA) is 54.4 Å². The molecule has 0 aromatic rings. The second-order valence-electron chi connectivity index (χ2n) is 4.06. The van der Waals surface area contributed by atoms with Crippen molar-refractivity contribution in [3.63, 3.8) is 0 Å². The molecular formula is C10H16O3. The molecule has 1 aliphatic carbocycles. The molecule has 0 aromatic carbocycles. The molecule has 1 aliphatic rings. The Bertz CT molecular complexity index is 222. The molecule has 0 bridgehead atoms. The van der Waals surface area contributed by atoms with Crippen molar-refractivity contribution in [3.05, 3.63) is 0 Å². The van der Waals surface area contributed by atoms with Crippen molar-refractivity contribution in [2.45, 2.75) is 33.1 Å². The molecule has 13 heavy (non-hydrogen) atoms. The van der Waals surface area contributed by atoms with Crippen LogP contribution in [0, 0.1) is 17.8 Å². The molecule has 1 rings (SSSR count). The van der Waals surface area contributed by atoms with Gasteiger partial charge in [-0.15, -0.1) is 0 Å². The van der Waals surface area contributed by atoms with Gasteiger partial charge in [0.05, 0.1) is 6.42 Å². The highest BCUT2D eigenvalue weighted by molar-refractivity contribution is 5.87. The van der Waals surface area contributed by atoms with Crippen LogP contribution in [0.2, 0.25) is 0 Å². The molecule has 74 valence electrons. The summed E-state index contributed by atoms with van der Waals surface area (Å²) in [5.74, 6) is -0.679. The second-order valence-corrected chi connectivity index (χ2v) is 4.06. The molecule has 3 atom stereocenters. The van der Waals surface area contributed by atoms with Crippen LogP contribution in [0.1, 0.15) is 33.1 Å². The van der Waals surface area contributed by atoms with Gasteiger partial charge in [-0.25, -0.2) is 0 Å². The maximum atomic E-state index is 11.6. The van der Waals surface area contributed by atoms with Gasteiger partial charge in [0.2, 0.25) is 0 Å². The molecule has 0 aliphatic heterocycles. The Hall–Kier alpha value is -0.860. The van der Waals surface area contributed by atoms with E-state index in [0.29, 0.717) is 0 Å². The van der Waals surface area contributed by atoms with E-state index < -0.39 is 5.97 Å². The zero-order valence-electron chi connectivity index (χ0n) is 8.12. The number of aliphatic carboxylic acids is 1. The van der Waals surface area contributed by atoms with Crippen LogP contribution in [0.3, 0.4) is 0 Å². The van der Waals surface area contributed by atoms with Crippen LogP contribution in [-0.4, -0.2) is 16.9 Å². The normalized spacial score (nSPS) is 34.6. The smallest absolute Gasteiger partial charge is 0.304 e. The van der Waals surface area contributed by atoms with Gasteiger partial charge >= 0.3 is 5.97 Å². The molecule has 0 spiro atoms. The average molecular weight is 184 g/mol. The van der Waals surface area contributed by atoms with Gasteiger partial charge < -0.3 is 5.11 Å². The quantitative estimate of drug-likeness (QED) is 0.710. The predicted octanol–water partition coefficient (Wildman–Crippen LogP) is 1.71. The van der Waals surface area contributed by atoms with Crippen LogP contribution in [0.5, 0.6) is 0 Å².